The minimum atomic E-state index is -2.36. The number of alkyl halides is 2. The highest BCUT2D eigenvalue weighted by Gasteiger charge is 2.13. The second-order valence-electron chi connectivity index (χ2n) is 3.79. The molecule has 0 saturated heterocycles. The van der Waals surface area contributed by atoms with Gasteiger partial charge in [0.15, 0.2) is 0 Å². The molecular weight excluding hydrogens is 246 g/mol. The Morgan fingerprint density at radius 3 is 2.71 bits per heavy atom. The third kappa shape index (κ3) is 4.13. The molecule has 17 heavy (non-hydrogen) atoms. The number of halogens is 3. The molecule has 0 aliphatic carbocycles. The second-order valence-corrected chi connectivity index (χ2v) is 4.20. The Labute approximate surface area is 106 Å². The van der Waals surface area contributed by atoms with Crippen LogP contribution in [0.2, 0.25) is 5.02 Å². The molecule has 5 heteroatoms. The van der Waals surface area contributed by atoms with Crippen LogP contribution in [-0.2, 0) is 6.54 Å². The maximum Gasteiger partial charge on any atom is 0.255 e. The summed E-state index contributed by atoms with van der Waals surface area (Å²) in [6.45, 7) is 3.08. The average Bonchev–Trinajstić information content (AvgIpc) is 2.26. The molecule has 2 nitrogen and oxygen atoms in total. The summed E-state index contributed by atoms with van der Waals surface area (Å²) >= 11 is 6.09. The largest absolute Gasteiger partial charge is 0.369 e. The molecule has 0 radical (unpaired) electrons. The number of nitrogens with zero attached hydrogens (tertiary/aromatic N) is 1. The molecular formula is C12H17ClF2N2. The molecule has 0 bridgehead atoms. The van der Waals surface area contributed by atoms with Crippen molar-refractivity contribution in [2.75, 3.05) is 25.0 Å². The van der Waals surface area contributed by atoms with Gasteiger partial charge in [0.1, 0.15) is 0 Å². The molecule has 0 saturated carbocycles. The van der Waals surface area contributed by atoms with Crippen molar-refractivity contribution in [3.63, 3.8) is 0 Å². The molecule has 0 unspecified atom stereocenters. The number of hydrogen-bond acceptors (Lipinski definition) is 2. The van der Waals surface area contributed by atoms with Crippen LogP contribution in [0.4, 0.5) is 14.5 Å². The maximum atomic E-state index is 12.4. The van der Waals surface area contributed by atoms with Crippen molar-refractivity contribution in [3.05, 3.63) is 28.8 Å². The molecule has 0 fully saturated rings. The first-order valence-electron chi connectivity index (χ1n) is 5.53. The van der Waals surface area contributed by atoms with Crippen LogP contribution in [0.5, 0.6) is 0 Å². The van der Waals surface area contributed by atoms with Gasteiger partial charge in [0.2, 0.25) is 0 Å². The van der Waals surface area contributed by atoms with E-state index in [-0.39, 0.29) is 6.54 Å². The monoisotopic (exact) mass is 262 g/mol. The van der Waals surface area contributed by atoms with E-state index in [1.54, 1.807) is 25.2 Å². The Hall–Kier alpha value is -0.870. The van der Waals surface area contributed by atoms with Crippen LogP contribution >= 0.6 is 11.6 Å². The molecule has 0 amide bonds. The fraction of sp³-hybridized carbons (Fsp3) is 0.500. The summed E-state index contributed by atoms with van der Waals surface area (Å²) in [6, 6.07) is 5.35. The highest BCUT2D eigenvalue weighted by Crippen LogP contribution is 2.27. The van der Waals surface area contributed by atoms with Crippen LogP contribution < -0.4 is 10.2 Å². The summed E-state index contributed by atoms with van der Waals surface area (Å²) in [5.74, 6) is 0. The Morgan fingerprint density at radius 2 is 2.12 bits per heavy atom. The Kier molecular flexibility index (Phi) is 5.65. The van der Waals surface area contributed by atoms with Crippen LogP contribution in [0.15, 0.2) is 18.2 Å². The number of rotatable bonds is 6. The lowest BCUT2D eigenvalue weighted by atomic mass is 10.1. The van der Waals surface area contributed by atoms with Crippen LogP contribution in [0.25, 0.3) is 0 Å². The zero-order valence-electron chi connectivity index (χ0n) is 10.0. The third-order valence-corrected chi connectivity index (χ3v) is 2.82. The lowest BCUT2D eigenvalue weighted by molar-refractivity contribution is 0.156. The van der Waals surface area contributed by atoms with Crippen LogP contribution in [-0.4, -0.2) is 26.6 Å². The number of benzene rings is 1. The van der Waals surface area contributed by atoms with Crippen molar-refractivity contribution in [2.45, 2.75) is 19.9 Å². The minimum absolute atomic E-state index is 0.292. The van der Waals surface area contributed by atoms with E-state index in [9.17, 15) is 8.78 Å². The Morgan fingerprint density at radius 1 is 1.41 bits per heavy atom. The molecule has 1 rings (SSSR count). The van der Waals surface area contributed by atoms with Gasteiger partial charge in [-0.2, -0.15) is 0 Å². The van der Waals surface area contributed by atoms with E-state index >= 15 is 0 Å². The predicted molar refractivity (Wildman–Crippen MR) is 68.1 cm³/mol. The van der Waals surface area contributed by atoms with E-state index in [4.69, 9.17) is 11.6 Å². The van der Waals surface area contributed by atoms with Crippen molar-refractivity contribution in [2.24, 2.45) is 0 Å². The van der Waals surface area contributed by atoms with E-state index in [2.05, 4.69) is 5.32 Å². The van der Waals surface area contributed by atoms with Crippen molar-refractivity contribution in [3.8, 4) is 0 Å². The Balaban J connectivity index is 2.92. The summed E-state index contributed by atoms with van der Waals surface area (Å²) in [6.07, 6.45) is -2.36. The molecule has 1 N–H and O–H groups in total. The number of nitrogens with one attached hydrogen (secondary N) is 1. The zero-order chi connectivity index (χ0) is 12.8. The fourth-order valence-corrected chi connectivity index (χ4v) is 1.87. The van der Waals surface area contributed by atoms with E-state index in [0.717, 1.165) is 17.8 Å². The van der Waals surface area contributed by atoms with Gasteiger partial charge in [-0.15, -0.1) is 0 Å². The molecule has 0 aromatic heterocycles. The molecule has 0 atom stereocenters. The van der Waals surface area contributed by atoms with E-state index in [1.807, 2.05) is 6.92 Å². The summed E-state index contributed by atoms with van der Waals surface area (Å²) in [4.78, 5) is 1.53. The van der Waals surface area contributed by atoms with E-state index in [0.29, 0.717) is 11.6 Å². The normalized spacial score (nSPS) is 10.9. The first-order valence-corrected chi connectivity index (χ1v) is 5.91. The molecule has 1 aromatic carbocycles. The SMILES string of the molecule is CCNCc1c(Cl)cccc1N(C)CC(F)F. The highest BCUT2D eigenvalue weighted by atomic mass is 35.5. The van der Waals surface area contributed by atoms with Gasteiger partial charge in [-0.25, -0.2) is 8.78 Å². The summed E-state index contributed by atoms with van der Waals surface area (Å²) in [5.41, 5.74) is 1.61. The van der Waals surface area contributed by atoms with Gasteiger partial charge in [-0.05, 0) is 18.7 Å². The average molecular weight is 263 g/mol. The lowest BCUT2D eigenvalue weighted by Crippen LogP contribution is -2.26. The van der Waals surface area contributed by atoms with E-state index in [1.165, 1.54) is 4.90 Å². The van der Waals surface area contributed by atoms with Gasteiger partial charge in [0.25, 0.3) is 6.43 Å². The molecule has 0 aliphatic rings. The van der Waals surface area contributed by atoms with Gasteiger partial charge in [-0.1, -0.05) is 24.6 Å². The first-order chi connectivity index (χ1) is 8.06. The smallest absolute Gasteiger partial charge is 0.255 e. The summed E-state index contributed by atoms with van der Waals surface area (Å²) in [7, 11) is 1.65. The van der Waals surface area contributed by atoms with Gasteiger partial charge in [0, 0.05) is 29.9 Å². The Bertz CT molecular complexity index is 358. The minimum Gasteiger partial charge on any atom is -0.369 e. The third-order valence-electron chi connectivity index (χ3n) is 2.47. The molecule has 0 heterocycles. The zero-order valence-corrected chi connectivity index (χ0v) is 10.8. The first kappa shape index (κ1) is 14.2. The van der Waals surface area contributed by atoms with Crippen LogP contribution in [0.1, 0.15) is 12.5 Å². The maximum absolute atomic E-state index is 12.4. The van der Waals surface area contributed by atoms with Crippen LogP contribution in [0.3, 0.4) is 0 Å². The number of hydrogen-bond donors (Lipinski definition) is 1. The van der Waals surface area contributed by atoms with Gasteiger partial charge < -0.3 is 10.2 Å². The summed E-state index contributed by atoms with van der Waals surface area (Å²) < 4.78 is 24.7. The van der Waals surface area contributed by atoms with E-state index < -0.39 is 6.43 Å². The van der Waals surface area contributed by atoms with Crippen molar-refractivity contribution < 1.29 is 8.78 Å². The quantitative estimate of drug-likeness (QED) is 0.847. The fourth-order valence-electron chi connectivity index (χ4n) is 1.64. The number of anilines is 1. The van der Waals surface area contributed by atoms with Gasteiger partial charge >= 0.3 is 0 Å². The topological polar surface area (TPSA) is 15.3 Å². The molecule has 0 spiro atoms. The van der Waals surface area contributed by atoms with Gasteiger partial charge in [0.05, 0.1) is 6.54 Å². The van der Waals surface area contributed by atoms with Gasteiger partial charge in [-0.3, -0.25) is 0 Å². The lowest BCUT2D eigenvalue weighted by Gasteiger charge is -2.23. The van der Waals surface area contributed by atoms with Crippen molar-refractivity contribution in [1.29, 1.82) is 0 Å². The second kappa shape index (κ2) is 6.77. The van der Waals surface area contributed by atoms with Crippen molar-refractivity contribution in [1.82, 2.24) is 5.32 Å². The summed E-state index contributed by atoms with van der Waals surface area (Å²) in [5, 5.41) is 3.76. The predicted octanol–water partition coefficient (Wildman–Crippen LogP) is 3.15. The molecule has 0 aliphatic heterocycles. The molecule has 1 aromatic rings. The van der Waals surface area contributed by atoms with Crippen molar-refractivity contribution >= 4 is 17.3 Å². The molecule has 96 valence electrons. The standard InChI is InChI=1S/C12H17ClF2N2/c1-3-16-7-9-10(13)5-4-6-11(9)17(2)8-12(14)15/h4-6,12,16H,3,7-8H2,1-2H3. The highest BCUT2D eigenvalue weighted by molar-refractivity contribution is 6.31. The van der Waals surface area contributed by atoms with Crippen LogP contribution in [0, 0.1) is 0 Å².